The monoisotopic (exact) mass is 348 g/mol. The second-order valence-corrected chi connectivity index (χ2v) is 7.32. The van der Waals surface area contributed by atoms with E-state index in [2.05, 4.69) is 5.32 Å². The summed E-state index contributed by atoms with van der Waals surface area (Å²) >= 11 is 0. The smallest absolute Gasteiger partial charge is 0.397 e. The number of aliphatic carboxylic acids is 1. The molecular weight excluding hydrogens is 329 g/mol. The largest absolute Gasteiger partial charge is 0.481 e. The number of nitrogens with zero attached hydrogens (tertiary/aromatic N) is 1. The summed E-state index contributed by atoms with van der Waals surface area (Å²) in [5, 5.41) is 11.9. The zero-order chi connectivity index (χ0) is 17.8. The third-order valence-corrected chi connectivity index (χ3v) is 5.50. The Labute approximate surface area is 136 Å². The molecule has 2 amide bonds. The van der Waals surface area contributed by atoms with Crippen LogP contribution in [0.3, 0.4) is 0 Å². The molecular formula is C15H19F3N2O4. The van der Waals surface area contributed by atoms with Gasteiger partial charge in [0.2, 0.25) is 11.8 Å². The number of carbonyl (C=O) groups excluding carboxylic acids is 2. The summed E-state index contributed by atoms with van der Waals surface area (Å²) in [6, 6.07) is -0.178. The van der Waals surface area contributed by atoms with Crippen molar-refractivity contribution in [1.29, 1.82) is 0 Å². The van der Waals surface area contributed by atoms with E-state index in [9.17, 15) is 27.6 Å². The Morgan fingerprint density at radius 2 is 1.62 bits per heavy atom. The highest BCUT2D eigenvalue weighted by molar-refractivity contribution is 5.93. The first-order valence-electron chi connectivity index (χ1n) is 7.94. The fourth-order valence-electron chi connectivity index (χ4n) is 4.15. The summed E-state index contributed by atoms with van der Waals surface area (Å²) < 4.78 is 36.7. The zero-order valence-corrected chi connectivity index (χ0v) is 13.0. The van der Waals surface area contributed by atoms with Gasteiger partial charge in [-0.25, -0.2) is 0 Å². The highest BCUT2D eigenvalue weighted by atomic mass is 19.4. The number of carboxylic acids is 1. The van der Waals surface area contributed by atoms with Crippen molar-refractivity contribution < 1.29 is 32.7 Å². The van der Waals surface area contributed by atoms with Gasteiger partial charge in [0.05, 0.1) is 10.8 Å². The van der Waals surface area contributed by atoms with Crippen molar-refractivity contribution in [2.75, 3.05) is 13.1 Å². The van der Waals surface area contributed by atoms with Crippen LogP contribution in [0.4, 0.5) is 13.2 Å². The average Bonchev–Trinajstić information content (AvgIpc) is 2.33. The van der Waals surface area contributed by atoms with Crippen molar-refractivity contribution in [1.82, 2.24) is 10.2 Å². The molecule has 2 bridgehead atoms. The predicted molar refractivity (Wildman–Crippen MR) is 74.8 cm³/mol. The van der Waals surface area contributed by atoms with Crippen LogP contribution < -0.4 is 5.32 Å². The Morgan fingerprint density at radius 1 is 1.08 bits per heavy atom. The van der Waals surface area contributed by atoms with Crippen LogP contribution in [0.5, 0.6) is 0 Å². The first kappa shape index (κ1) is 17.0. The fraction of sp³-hybridized carbons (Fsp3) is 0.800. The Balaban J connectivity index is 1.43. The minimum Gasteiger partial charge on any atom is -0.481 e. The van der Waals surface area contributed by atoms with Crippen LogP contribution in [0.1, 0.15) is 38.5 Å². The van der Waals surface area contributed by atoms with Gasteiger partial charge >= 0.3 is 12.1 Å². The van der Waals surface area contributed by atoms with E-state index in [-0.39, 0.29) is 25.0 Å². The van der Waals surface area contributed by atoms with Crippen molar-refractivity contribution >= 4 is 17.8 Å². The quantitative estimate of drug-likeness (QED) is 0.802. The summed E-state index contributed by atoms with van der Waals surface area (Å²) in [5.74, 6) is -1.95. The number of carboxylic acid groups (broad SMARTS) is 1. The van der Waals surface area contributed by atoms with Gasteiger partial charge in [0.25, 0.3) is 0 Å². The standard InChI is InChI=1S/C15H19F3N2O4/c16-15(17,18)5-10(21)20-3-1-9(2-4-20)19-11(22)13-6-14(7-13,8-13)12(23)24/h9H,1-8H2,(H,19,22)(H,23,24). The van der Waals surface area contributed by atoms with E-state index in [1.807, 2.05) is 0 Å². The van der Waals surface area contributed by atoms with Gasteiger partial charge in [-0.15, -0.1) is 0 Å². The number of piperidine rings is 1. The summed E-state index contributed by atoms with van der Waals surface area (Å²) in [6.45, 7) is 0.373. The Bertz CT molecular complexity index is 562. The number of amides is 2. The lowest BCUT2D eigenvalue weighted by atomic mass is 9.35. The molecule has 0 unspecified atom stereocenters. The first-order chi connectivity index (χ1) is 11.1. The normalized spacial score (nSPS) is 32.5. The molecule has 3 aliphatic carbocycles. The Morgan fingerprint density at radius 3 is 2.08 bits per heavy atom. The molecule has 2 N–H and O–H groups in total. The maximum absolute atomic E-state index is 12.3. The molecule has 9 heteroatoms. The van der Waals surface area contributed by atoms with E-state index >= 15 is 0 Å². The summed E-state index contributed by atoms with van der Waals surface area (Å²) in [7, 11) is 0. The summed E-state index contributed by atoms with van der Waals surface area (Å²) in [4.78, 5) is 36.0. The zero-order valence-electron chi connectivity index (χ0n) is 13.0. The lowest BCUT2D eigenvalue weighted by molar-refractivity contribution is -0.220. The van der Waals surface area contributed by atoms with Crippen LogP contribution in [-0.4, -0.2) is 53.1 Å². The molecule has 0 aromatic rings. The maximum Gasteiger partial charge on any atom is 0.397 e. The van der Waals surface area contributed by atoms with Crippen LogP contribution >= 0.6 is 0 Å². The molecule has 0 atom stereocenters. The molecule has 4 fully saturated rings. The SMILES string of the molecule is O=C(CC(F)(F)F)N1CCC(NC(=O)C23CC(C(=O)O)(C2)C3)CC1. The van der Waals surface area contributed by atoms with Crippen LogP contribution in [0, 0.1) is 10.8 Å². The number of hydrogen-bond acceptors (Lipinski definition) is 3. The molecule has 1 heterocycles. The number of nitrogens with one attached hydrogen (secondary N) is 1. The van der Waals surface area contributed by atoms with Crippen molar-refractivity contribution in [2.45, 2.75) is 50.7 Å². The molecule has 134 valence electrons. The van der Waals surface area contributed by atoms with Gasteiger partial charge in [-0.3, -0.25) is 14.4 Å². The van der Waals surface area contributed by atoms with Crippen LogP contribution in [-0.2, 0) is 14.4 Å². The molecule has 0 radical (unpaired) electrons. The number of alkyl halides is 3. The number of halogens is 3. The average molecular weight is 348 g/mol. The molecule has 4 rings (SSSR count). The van der Waals surface area contributed by atoms with Gasteiger partial charge in [0.1, 0.15) is 6.42 Å². The van der Waals surface area contributed by atoms with Crippen LogP contribution in [0.2, 0.25) is 0 Å². The Kier molecular flexibility index (Phi) is 3.80. The predicted octanol–water partition coefficient (Wildman–Crippen LogP) is 1.30. The second-order valence-electron chi connectivity index (χ2n) is 7.32. The van der Waals surface area contributed by atoms with E-state index < -0.39 is 35.3 Å². The summed E-state index contributed by atoms with van der Waals surface area (Å²) in [5.41, 5.74) is -1.29. The Hall–Kier alpha value is -1.80. The lowest BCUT2D eigenvalue weighted by Gasteiger charge is -2.66. The van der Waals surface area contributed by atoms with Crippen molar-refractivity contribution in [3.8, 4) is 0 Å². The van der Waals surface area contributed by atoms with E-state index in [1.54, 1.807) is 0 Å². The van der Waals surface area contributed by atoms with Crippen LogP contribution in [0.15, 0.2) is 0 Å². The second kappa shape index (κ2) is 5.35. The van der Waals surface area contributed by atoms with Gasteiger partial charge in [0.15, 0.2) is 0 Å². The molecule has 24 heavy (non-hydrogen) atoms. The third-order valence-electron chi connectivity index (χ3n) is 5.50. The molecule has 6 nitrogen and oxygen atoms in total. The topological polar surface area (TPSA) is 86.7 Å². The van der Waals surface area contributed by atoms with E-state index in [1.165, 1.54) is 4.90 Å². The number of rotatable bonds is 4. The molecule has 0 spiro atoms. The van der Waals surface area contributed by atoms with Gasteiger partial charge in [-0.05, 0) is 32.1 Å². The summed E-state index contributed by atoms with van der Waals surface area (Å²) in [6.07, 6.45) is -4.04. The number of likely N-dealkylation sites (tertiary alicyclic amines) is 1. The third kappa shape index (κ3) is 2.84. The van der Waals surface area contributed by atoms with Gasteiger partial charge in [-0.2, -0.15) is 13.2 Å². The minimum absolute atomic E-state index is 0.161. The van der Waals surface area contributed by atoms with E-state index in [0.29, 0.717) is 32.1 Å². The molecule has 0 aromatic heterocycles. The van der Waals surface area contributed by atoms with Crippen molar-refractivity contribution in [3.63, 3.8) is 0 Å². The van der Waals surface area contributed by atoms with Crippen molar-refractivity contribution in [2.24, 2.45) is 10.8 Å². The first-order valence-corrected chi connectivity index (χ1v) is 7.94. The molecule has 1 saturated heterocycles. The van der Waals surface area contributed by atoms with Crippen LogP contribution in [0.25, 0.3) is 0 Å². The van der Waals surface area contributed by atoms with E-state index in [4.69, 9.17) is 5.11 Å². The molecule has 4 aliphatic rings. The number of hydrogen-bond donors (Lipinski definition) is 2. The minimum atomic E-state index is -4.51. The molecule has 3 saturated carbocycles. The molecule has 1 aliphatic heterocycles. The van der Waals surface area contributed by atoms with E-state index in [0.717, 1.165) is 0 Å². The van der Waals surface area contributed by atoms with Crippen molar-refractivity contribution in [3.05, 3.63) is 0 Å². The highest BCUT2D eigenvalue weighted by Gasteiger charge is 2.75. The maximum atomic E-state index is 12.3. The van der Waals surface area contributed by atoms with Gasteiger partial charge < -0.3 is 15.3 Å². The highest BCUT2D eigenvalue weighted by Crippen LogP contribution is 2.73. The lowest BCUT2D eigenvalue weighted by Crippen LogP contribution is -2.71. The number of carbonyl (C=O) groups is 3. The fourth-order valence-corrected chi connectivity index (χ4v) is 4.15. The molecule has 0 aromatic carbocycles. The van der Waals surface area contributed by atoms with Gasteiger partial charge in [-0.1, -0.05) is 0 Å². The van der Waals surface area contributed by atoms with Gasteiger partial charge in [0, 0.05) is 19.1 Å².